The maximum absolute atomic E-state index is 9.93. The Bertz CT molecular complexity index is 287. The SMILES string of the molecule is C=C(C)C#C[C@]1(O)C[C@@H](O)CC[C@@H]1O. The fraction of sp³-hybridized carbons (Fsp3) is 0.636. The average molecular weight is 196 g/mol. The van der Waals surface area contributed by atoms with E-state index >= 15 is 0 Å². The third-order valence-electron chi connectivity index (χ3n) is 2.36. The number of aliphatic hydroxyl groups excluding tert-OH is 2. The molecule has 0 aromatic carbocycles. The molecule has 3 nitrogen and oxygen atoms in total. The Morgan fingerprint density at radius 1 is 1.43 bits per heavy atom. The normalized spacial score (nSPS) is 37.1. The van der Waals surface area contributed by atoms with Crippen molar-refractivity contribution in [1.29, 1.82) is 0 Å². The van der Waals surface area contributed by atoms with Gasteiger partial charge in [0, 0.05) is 6.42 Å². The smallest absolute Gasteiger partial charge is 0.153 e. The molecular formula is C11H16O3. The first-order valence-electron chi connectivity index (χ1n) is 4.71. The van der Waals surface area contributed by atoms with Crippen LogP contribution in [0.25, 0.3) is 0 Å². The van der Waals surface area contributed by atoms with Gasteiger partial charge in [-0.3, -0.25) is 0 Å². The van der Waals surface area contributed by atoms with Gasteiger partial charge in [0.15, 0.2) is 5.60 Å². The summed E-state index contributed by atoms with van der Waals surface area (Å²) in [5, 5.41) is 28.9. The fourth-order valence-corrected chi connectivity index (χ4v) is 1.54. The number of hydrogen-bond donors (Lipinski definition) is 3. The third-order valence-corrected chi connectivity index (χ3v) is 2.36. The molecule has 0 bridgehead atoms. The Kier molecular flexibility index (Phi) is 3.33. The molecule has 0 amide bonds. The lowest BCUT2D eigenvalue weighted by Gasteiger charge is -2.35. The summed E-state index contributed by atoms with van der Waals surface area (Å²) in [6.45, 7) is 5.31. The molecule has 0 aromatic heterocycles. The minimum absolute atomic E-state index is 0.106. The standard InChI is InChI=1S/C11H16O3/c1-8(2)5-6-11(14)7-9(12)3-4-10(11)13/h9-10,12-14H,1,3-4,7H2,2H3/t9-,10-,11-/m0/s1. The minimum Gasteiger partial charge on any atom is -0.393 e. The molecule has 0 radical (unpaired) electrons. The molecule has 0 spiro atoms. The lowest BCUT2D eigenvalue weighted by molar-refractivity contribution is -0.0922. The van der Waals surface area contributed by atoms with Crippen LogP contribution < -0.4 is 0 Å². The van der Waals surface area contributed by atoms with Crippen LogP contribution in [0.3, 0.4) is 0 Å². The second-order valence-electron chi connectivity index (χ2n) is 3.91. The average Bonchev–Trinajstić information content (AvgIpc) is 2.09. The molecule has 0 saturated heterocycles. The fourth-order valence-electron chi connectivity index (χ4n) is 1.54. The van der Waals surface area contributed by atoms with Crippen LogP contribution >= 0.6 is 0 Å². The molecule has 1 rings (SSSR count). The van der Waals surface area contributed by atoms with Gasteiger partial charge < -0.3 is 15.3 Å². The predicted molar refractivity (Wildman–Crippen MR) is 53.4 cm³/mol. The van der Waals surface area contributed by atoms with Crippen molar-refractivity contribution < 1.29 is 15.3 Å². The van der Waals surface area contributed by atoms with E-state index < -0.39 is 17.8 Å². The molecule has 14 heavy (non-hydrogen) atoms. The molecule has 1 aliphatic rings. The van der Waals surface area contributed by atoms with Gasteiger partial charge in [-0.05, 0) is 25.3 Å². The third kappa shape index (κ3) is 2.58. The summed E-state index contributed by atoms with van der Waals surface area (Å²) in [5.74, 6) is 5.21. The topological polar surface area (TPSA) is 60.7 Å². The number of aliphatic hydroxyl groups is 3. The summed E-state index contributed by atoms with van der Waals surface area (Å²) in [4.78, 5) is 0. The molecule has 0 unspecified atom stereocenters. The van der Waals surface area contributed by atoms with E-state index in [1.165, 1.54) is 0 Å². The highest BCUT2D eigenvalue weighted by Crippen LogP contribution is 2.28. The van der Waals surface area contributed by atoms with Crippen LogP contribution in [-0.4, -0.2) is 33.1 Å². The summed E-state index contributed by atoms with van der Waals surface area (Å²) >= 11 is 0. The second-order valence-corrected chi connectivity index (χ2v) is 3.91. The summed E-state index contributed by atoms with van der Waals surface area (Å²) in [6.07, 6.45) is -0.463. The van der Waals surface area contributed by atoms with Crippen LogP contribution in [0.2, 0.25) is 0 Å². The van der Waals surface area contributed by atoms with Crippen LogP contribution in [0.1, 0.15) is 26.2 Å². The van der Waals surface area contributed by atoms with E-state index in [9.17, 15) is 15.3 Å². The molecule has 78 valence electrons. The molecule has 0 heterocycles. The molecule has 0 aliphatic heterocycles. The highest BCUT2D eigenvalue weighted by atomic mass is 16.3. The Labute approximate surface area is 84.1 Å². The zero-order chi connectivity index (χ0) is 10.8. The molecule has 3 heteroatoms. The monoisotopic (exact) mass is 196 g/mol. The first kappa shape index (κ1) is 11.3. The lowest BCUT2D eigenvalue weighted by atomic mass is 9.81. The van der Waals surface area contributed by atoms with Gasteiger partial charge in [0.2, 0.25) is 0 Å². The molecule has 3 atom stereocenters. The van der Waals surface area contributed by atoms with Gasteiger partial charge in [-0.1, -0.05) is 18.4 Å². The number of rotatable bonds is 0. The van der Waals surface area contributed by atoms with E-state index in [0.29, 0.717) is 18.4 Å². The summed E-state index contributed by atoms with van der Waals surface area (Å²) < 4.78 is 0. The Balaban J connectivity index is 2.80. The van der Waals surface area contributed by atoms with Gasteiger partial charge in [0.05, 0.1) is 12.2 Å². The van der Waals surface area contributed by atoms with Gasteiger partial charge in [-0.15, -0.1) is 0 Å². The van der Waals surface area contributed by atoms with Crippen LogP contribution in [0.5, 0.6) is 0 Å². The van der Waals surface area contributed by atoms with Crippen molar-refractivity contribution in [3.05, 3.63) is 12.2 Å². The van der Waals surface area contributed by atoms with Crippen LogP contribution in [-0.2, 0) is 0 Å². The first-order chi connectivity index (χ1) is 6.44. The van der Waals surface area contributed by atoms with Crippen LogP contribution in [0.15, 0.2) is 12.2 Å². The maximum Gasteiger partial charge on any atom is 0.153 e. The maximum atomic E-state index is 9.93. The number of hydrogen-bond acceptors (Lipinski definition) is 3. The zero-order valence-electron chi connectivity index (χ0n) is 8.32. The molecule has 0 aromatic rings. The van der Waals surface area contributed by atoms with E-state index in [1.54, 1.807) is 6.92 Å². The van der Waals surface area contributed by atoms with E-state index in [4.69, 9.17) is 0 Å². The Morgan fingerprint density at radius 2 is 2.07 bits per heavy atom. The predicted octanol–water partition coefficient (Wildman–Crippen LogP) is 0.203. The summed E-state index contributed by atoms with van der Waals surface area (Å²) in [7, 11) is 0. The highest BCUT2D eigenvalue weighted by molar-refractivity contribution is 5.29. The van der Waals surface area contributed by atoms with Crippen LogP contribution in [0.4, 0.5) is 0 Å². The summed E-state index contributed by atoms with van der Waals surface area (Å²) in [6, 6.07) is 0. The van der Waals surface area contributed by atoms with E-state index in [2.05, 4.69) is 18.4 Å². The summed E-state index contributed by atoms with van der Waals surface area (Å²) in [5.41, 5.74) is -0.845. The zero-order valence-corrected chi connectivity index (χ0v) is 8.32. The minimum atomic E-state index is -1.48. The van der Waals surface area contributed by atoms with Crippen molar-refractivity contribution >= 4 is 0 Å². The van der Waals surface area contributed by atoms with E-state index in [1.807, 2.05) is 0 Å². The van der Waals surface area contributed by atoms with Crippen LogP contribution in [0, 0.1) is 11.8 Å². The molecule has 3 N–H and O–H groups in total. The van der Waals surface area contributed by atoms with E-state index in [0.717, 1.165) is 0 Å². The number of allylic oxidation sites excluding steroid dienone is 1. The van der Waals surface area contributed by atoms with Crippen molar-refractivity contribution in [2.75, 3.05) is 0 Å². The highest BCUT2D eigenvalue weighted by Gasteiger charge is 2.39. The van der Waals surface area contributed by atoms with Gasteiger partial charge in [0.25, 0.3) is 0 Å². The van der Waals surface area contributed by atoms with Gasteiger partial charge >= 0.3 is 0 Å². The van der Waals surface area contributed by atoms with Gasteiger partial charge in [-0.25, -0.2) is 0 Å². The van der Waals surface area contributed by atoms with E-state index in [-0.39, 0.29) is 6.42 Å². The molecular weight excluding hydrogens is 180 g/mol. The van der Waals surface area contributed by atoms with Crippen molar-refractivity contribution in [2.24, 2.45) is 0 Å². The quantitative estimate of drug-likeness (QED) is 0.485. The van der Waals surface area contributed by atoms with Crippen molar-refractivity contribution in [3.8, 4) is 11.8 Å². The molecule has 1 aliphatic carbocycles. The second kappa shape index (κ2) is 4.14. The Morgan fingerprint density at radius 3 is 2.64 bits per heavy atom. The first-order valence-corrected chi connectivity index (χ1v) is 4.71. The molecule has 1 saturated carbocycles. The van der Waals surface area contributed by atoms with Crippen molar-refractivity contribution in [2.45, 2.75) is 44.0 Å². The van der Waals surface area contributed by atoms with Gasteiger partial charge in [0.1, 0.15) is 0 Å². The Hall–Kier alpha value is -0.820. The lowest BCUT2D eigenvalue weighted by Crippen LogP contribution is -2.47. The van der Waals surface area contributed by atoms with Crippen molar-refractivity contribution in [3.63, 3.8) is 0 Å². The van der Waals surface area contributed by atoms with Gasteiger partial charge in [-0.2, -0.15) is 0 Å². The van der Waals surface area contributed by atoms with Crippen molar-refractivity contribution in [1.82, 2.24) is 0 Å². The largest absolute Gasteiger partial charge is 0.393 e. The molecule has 1 fully saturated rings.